The first kappa shape index (κ1) is 48.7. The third kappa shape index (κ3) is 11.2. The van der Waals surface area contributed by atoms with Crippen LogP contribution in [0.15, 0.2) is 0 Å². The highest BCUT2D eigenvalue weighted by Gasteiger charge is 2.54. The van der Waals surface area contributed by atoms with Gasteiger partial charge >= 0.3 is 23.9 Å². The molecule has 0 spiro atoms. The summed E-state index contributed by atoms with van der Waals surface area (Å²) in [5.74, 6) is -3.82. The molecule has 0 aromatic heterocycles. The fourth-order valence-corrected chi connectivity index (χ4v) is 13.0. The number of carbonyl (C=O) groups excluding carboxylic acids is 4. The van der Waals surface area contributed by atoms with Crippen LogP contribution in [0.2, 0.25) is 0 Å². The topological polar surface area (TPSA) is 164 Å². The molecular weight excluding hydrogens is 767 g/mol. The van der Waals surface area contributed by atoms with Crippen molar-refractivity contribution in [2.75, 3.05) is 0 Å². The molecule has 13 heteroatoms. The van der Waals surface area contributed by atoms with Crippen molar-refractivity contribution >= 4 is 23.9 Å². The highest BCUT2D eigenvalue weighted by Crippen LogP contribution is 2.49. The molecule has 5 aliphatic rings. The number of hydroxylamine groups is 4. The van der Waals surface area contributed by atoms with E-state index in [1.807, 2.05) is 55.4 Å². The highest BCUT2D eigenvalue weighted by atomic mass is 16.6. The summed E-state index contributed by atoms with van der Waals surface area (Å²) in [5, 5.41) is 28.3. The molecule has 344 valence electrons. The summed E-state index contributed by atoms with van der Waals surface area (Å²) >= 11 is 0. The van der Waals surface area contributed by atoms with Gasteiger partial charge in [0.25, 0.3) is 0 Å². The number of piperidine rings is 3. The van der Waals surface area contributed by atoms with Crippen LogP contribution in [0.3, 0.4) is 0 Å². The zero-order valence-corrected chi connectivity index (χ0v) is 40.0. The maximum absolute atomic E-state index is 14.4. The zero-order chi connectivity index (χ0) is 45.4. The number of hydrogen-bond acceptors (Lipinski definition) is 13. The van der Waals surface area contributed by atoms with E-state index in [-0.39, 0.29) is 46.6 Å². The minimum atomic E-state index is -1.19. The third-order valence-electron chi connectivity index (χ3n) is 14.1. The quantitative estimate of drug-likeness (QED) is 0.159. The number of esters is 4. The Bertz CT molecular complexity index is 1560. The number of carbonyl (C=O) groups is 4. The average molecular weight is 848 g/mol. The Hall–Kier alpha value is -2.32. The van der Waals surface area contributed by atoms with Crippen LogP contribution in [0.5, 0.6) is 0 Å². The van der Waals surface area contributed by atoms with E-state index in [1.54, 1.807) is 0 Å². The van der Waals surface area contributed by atoms with Crippen LogP contribution in [0.25, 0.3) is 0 Å². The van der Waals surface area contributed by atoms with Gasteiger partial charge in [-0.25, -0.2) is 0 Å². The molecule has 3 heterocycles. The first-order valence-electron chi connectivity index (χ1n) is 22.6. The Kier molecular flexibility index (Phi) is 13.3. The molecule has 0 bridgehead atoms. The fourth-order valence-electron chi connectivity index (χ4n) is 13.0. The molecule has 5 fully saturated rings. The van der Waals surface area contributed by atoms with Gasteiger partial charge in [-0.2, -0.15) is 10.1 Å². The van der Waals surface area contributed by atoms with Gasteiger partial charge in [-0.3, -0.25) is 19.2 Å². The maximum atomic E-state index is 14.4. The summed E-state index contributed by atoms with van der Waals surface area (Å²) in [4.78, 5) is 57.4. The highest BCUT2D eigenvalue weighted by molar-refractivity contribution is 5.76. The molecule has 2 saturated carbocycles. The van der Waals surface area contributed by atoms with Crippen molar-refractivity contribution in [3.8, 4) is 0 Å². The lowest BCUT2D eigenvalue weighted by atomic mass is 9.61. The van der Waals surface area contributed by atoms with Crippen molar-refractivity contribution in [1.29, 1.82) is 0 Å². The number of nitrogens with one attached hydrogen (secondary N) is 1. The second-order valence-corrected chi connectivity index (χ2v) is 25.1. The van der Waals surface area contributed by atoms with E-state index < -0.39 is 82.2 Å². The SMILES string of the molecule is CC1(C)CC(C(=O)OC2CC(OC(=O)C3CC(C)(C)NC(C)(C)C3)C(OC(=O)C3CC(C)(C)N(O)C(C)(C)C3)C(OC(=O)C3CC(C)(C)N(O)C(C)(C)C3)C2)CC(C)(C)C1. The van der Waals surface area contributed by atoms with Crippen LogP contribution in [-0.2, 0) is 38.1 Å². The minimum Gasteiger partial charge on any atom is -0.462 e. The van der Waals surface area contributed by atoms with E-state index in [4.69, 9.17) is 18.9 Å². The standard InChI is InChI=1S/C47H81N3O10/c1-40(2)19-28(20-41(3,4)27-40)36(51)57-32-17-33(58-37(52)29-21-42(5,6)48-43(7,8)22-29)35(60-39(54)31-25-46(13,14)50(56)47(15,16)26-31)34(18-32)59-38(53)30-23-44(9,10)49(55)45(11,12)24-30/h28-35,48,55-56H,17-27H2,1-16H3. The second kappa shape index (κ2) is 16.3. The Morgan fingerprint density at radius 1 is 0.450 bits per heavy atom. The molecule has 3 saturated heterocycles. The number of rotatable bonds is 8. The Labute approximate surface area is 360 Å². The molecule has 0 aromatic carbocycles. The van der Waals surface area contributed by atoms with Crippen molar-refractivity contribution in [2.45, 2.75) is 239 Å². The summed E-state index contributed by atoms with van der Waals surface area (Å²) in [6, 6.07) is 0. The van der Waals surface area contributed by atoms with Gasteiger partial charge < -0.3 is 34.7 Å². The molecule has 2 aliphatic carbocycles. The molecule has 0 aromatic rings. The predicted octanol–water partition coefficient (Wildman–Crippen LogP) is 8.15. The van der Waals surface area contributed by atoms with Gasteiger partial charge in [0.05, 0.1) is 23.7 Å². The lowest BCUT2D eigenvalue weighted by Crippen LogP contribution is -2.61. The normalized spacial score (nSPS) is 33.0. The molecule has 3 N–H and O–H groups in total. The smallest absolute Gasteiger partial charge is 0.309 e. The van der Waals surface area contributed by atoms with E-state index >= 15 is 0 Å². The zero-order valence-electron chi connectivity index (χ0n) is 40.0. The van der Waals surface area contributed by atoms with Crippen LogP contribution in [0.4, 0.5) is 0 Å². The molecule has 0 amide bonds. The van der Waals surface area contributed by atoms with Gasteiger partial charge in [0.2, 0.25) is 0 Å². The molecule has 4 unspecified atom stereocenters. The second-order valence-electron chi connectivity index (χ2n) is 25.1. The Balaban J connectivity index is 1.50. The monoisotopic (exact) mass is 848 g/mol. The number of nitrogens with zero attached hydrogens (tertiary/aromatic N) is 2. The van der Waals surface area contributed by atoms with Gasteiger partial charge in [0, 0.05) is 46.1 Å². The van der Waals surface area contributed by atoms with Crippen molar-refractivity contribution in [2.24, 2.45) is 34.5 Å². The molecular formula is C47H81N3O10. The van der Waals surface area contributed by atoms with Gasteiger partial charge in [-0.15, -0.1) is 0 Å². The fraction of sp³-hybridized carbons (Fsp3) is 0.915. The molecule has 4 atom stereocenters. The molecule has 60 heavy (non-hydrogen) atoms. The van der Waals surface area contributed by atoms with Crippen LogP contribution in [0.1, 0.15) is 181 Å². The Morgan fingerprint density at radius 3 is 1.12 bits per heavy atom. The lowest BCUT2D eigenvalue weighted by Gasteiger charge is -2.51. The van der Waals surface area contributed by atoms with E-state index in [9.17, 15) is 29.6 Å². The van der Waals surface area contributed by atoms with Crippen LogP contribution >= 0.6 is 0 Å². The number of hydrogen-bond donors (Lipinski definition) is 3. The van der Waals surface area contributed by atoms with E-state index in [0.29, 0.717) is 51.4 Å². The lowest BCUT2D eigenvalue weighted by molar-refractivity contribution is -0.256. The average Bonchev–Trinajstić information content (AvgIpc) is 3.04. The van der Waals surface area contributed by atoms with Crippen LogP contribution in [0, 0.1) is 34.5 Å². The first-order chi connectivity index (χ1) is 27.0. The van der Waals surface area contributed by atoms with E-state index in [1.165, 1.54) is 10.1 Å². The summed E-state index contributed by atoms with van der Waals surface area (Å²) in [7, 11) is 0. The van der Waals surface area contributed by atoms with Gasteiger partial charge in [0.15, 0.2) is 6.10 Å². The maximum Gasteiger partial charge on any atom is 0.309 e. The summed E-state index contributed by atoms with van der Waals surface area (Å²) < 4.78 is 25.7. The first-order valence-corrected chi connectivity index (χ1v) is 22.6. The molecule has 3 aliphatic heterocycles. The third-order valence-corrected chi connectivity index (χ3v) is 14.1. The molecule has 0 radical (unpaired) electrons. The summed E-state index contributed by atoms with van der Waals surface area (Å²) in [6.07, 6.45) is 0.577. The van der Waals surface area contributed by atoms with Crippen molar-refractivity contribution < 1.29 is 48.5 Å². The van der Waals surface area contributed by atoms with Crippen molar-refractivity contribution in [3.63, 3.8) is 0 Å². The Morgan fingerprint density at radius 2 is 0.750 bits per heavy atom. The van der Waals surface area contributed by atoms with Gasteiger partial charge in [-0.05, 0) is 152 Å². The minimum absolute atomic E-state index is 0.0497. The van der Waals surface area contributed by atoms with E-state index in [2.05, 4.69) is 60.7 Å². The van der Waals surface area contributed by atoms with Gasteiger partial charge in [0.1, 0.15) is 18.3 Å². The molecule has 13 nitrogen and oxygen atoms in total. The molecule has 5 rings (SSSR count). The van der Waals surface area contributed by atoms with Crippen LogP contribution < -0.4 is 5.32 Å². The van der Waals surface area contributed by atoms with Crippen LogP contribution in [-0.4, -0.2) is 102 Å². The van der Waals surface area contributed by atoms with Crippen molar-refractivity contribution in [3.05, 3.63) is 0 Å². The summed E-state index contributed by atoms with van der Waals surface area (Å²) in [6.45, 7) is 32.0. The summed E-state index contributed by atoms with van der Waals surface area (Å²) in [5.41, 5.74) is -3.79. The number of ether oxygens (including phenoxy) is 4. The largest absolute Gasteiger partial charge is 0.462 e. The van der Waals surface area contributed by atoms with E-state index in [0.717, 1.165) is 6.42 Å². The van der Waals surface area contributed by atoms with Crippen molar-refractivity contribution in [1.82, 2.24) is 15.4 Å². The predicted molar refractivity (Wildman–Crippen MR) is 227 cm³/mol. The van der Waals surface area contributed by atoms with Gasteiger partial charge in [-0.1, -0.05) is 27.7 Å².